The van der Waals surface area contributed by atoms with E-state index in [-0.39, 0.29) is 17.9 Å². The molecule has 0 spiro atoms. The van der Waals surface area contributed by atoms with Crippen LogP contribution in [0.3, 0.4) is 0 Å². The van der Waals surface area contributed by atoms with E-state index in [1.807, 2.05) is 18.3 Å². The van der Waals surface area contributed by atoms with E-state index < -0.39 is 5.82 Å². The van der Waals surface area contributed by atoms with Crippen LogP contribution >= 0.6 is 0 Å². The van der Waals surface area contributed by atoms with Gasteiger partial charge in [0, 0.05) is 50.1 Å². The third-order valence-corrected chi connectivity index (χ3v) is 5.58. The van der Waals surface area contributed by atoms with Gasteiger partial charge in [0.1, 0.15) is 11.6 Å². The molecule has 9 heteroatoms. The molecule has 1 fully saturated rings. The monoisotopic (exact) mass is 393 g/mol. The highest BCUT2D eigenvalue weighted by Crippen LogP contribution is 2.32. The molecule has 0 aliphatic carbocycles. The number of carbonyl (C=O) groups excluding carboxylic acids is 1. The minimum Gasteiger partial charge on any atom is -0.356 e. The van der Waals surface area contributed by atoms with Crippen molar-refractivity contribution in [2.75, 3.05) is 18.0 Å². The first-order valence-corrected chi connectivity index (χ1v) is 9.70. The minimum absolute atomic E-state index is 0.00753. The van der Waals surface area contributed by atoms with E-state index in [1.165, 1.54) is 11.1 Å². The maximum absolute atomic E-state index is 13.6. The lowest BCUT2D eigenvalue weighted by Gasteiger charge is -2.34. The largest absolute Gasteiger partial charge is 0.356 e. The molecule has 0 aromatic carbocycles. The Hall–Kier alpha value is -3.36. The average Bonchev–Trinajstić information content (AvgIpc) is 3.42. The van der Waals surface area contributed by atoms with Gasteiger partial charge in [-0.3, -0.25) is 9.78 Å². The molecule has 29 heavy (non-hydrogen) atoms. The van der Waals surface area contributed by atoms with E-state index in [0.29, 0.717) is 12.0 Å². The summed E-state index contributed by atoms with van der Waals surface area (Å²) in [7, 11) is 0. The highest BCUT2D eigenvalue weighted by Gasteiger charge is 2.35. The first-order chi connectivity index (χ1) is 14.2. The van der Waals surface area contributed by atoms with Crippen LogP contribution in [0.5, 0.6) is 0 Å². The van der Waals surface area contributed by atoms with Crippen molar-refractivity contribution in [1.82, 2.24) is 24.6 Å². The van der Waals surface area contributed by atoms with Gasteiger partial charge < -0.3 is 4.90 Å². The third-order valence-electron chi connectivity index (χ3n) is 5.58. The fourth-order valence-electron chi connectivity index (χ4n) is 4.03. The molecular weight excluding hydrogens is 373 g/mol. The van der Waals surface area contributed by atoms with Crippen molar-refractivity contribution < 1.29 is 9.18 Å². The van der Waals surface area contributed by atoms with Gasteiger partial charge in [-0.25, -0.2) is 18.9 Å². The number of rotatable bonds is 3. The maximum atomic E-state index is 13.6. The van der Waals surface area contributed by atoms with Crippen LogP contribution in [-0.4, -0.2) is 49.8 Å². The number of hydrogen-bond acceptors (Lipinski definition) is 6. The van der Waals surface area contributed by atoms with Crippen LogP contribution in [0.25, 0.3) is 5.65 Å². The van der Waals surface area contributed by atoms with Gasteiger partial charge in [0.15, 0.2) is 5.65 Å². The summed E-state index contributed by atoms with van der Waals surface area (Å²) < 4.78 is 15.3. The van der Waals surface area contributed by atoms with Crippen LogP contribution in [0.2, 0.25) is 0 Å². The van der Waals surface area contributed by atoms with Crippen molar-refractivity contribution in [3.63, 3.8) is 0 Å². The van der Waals surface area contributed by atoms with Crippen molar-refractivity contribution >= 4 is 23.6 Å². The van der Waals surface area contributed by atoms with E-state index in [4.69, 9.17) is 0 Å². The third kappa shape index (κ3) is 3.32. The zero-order valence-electron chi connectivity index (χ0n) is 15.7. The Balaban J connectivity index is 1.26. The van der Waals surface area contributed by atoms with Gasteiger partial charge in [-0.1, -0.05) is 0 Å². The summed E-state index contributed by atoms with van der Waals surface area (Å²) in [5.41, 5.74) is 1.48. The molecule has 1 atom stereocenters. The van der Waals surface area contributed by atoms with Gasteiger partial charge in [0.2, 0.25) is 5.91 Å². The average molecular weight is 393 g/mol. The summed E-state index contributed by atoms with van der Waals surface area (Å²) in [6.45, 7) is 1.49. The number of pyridine rings is 1. The molecule has 148 valence electrons. The van der Waals surface area contributed by atoms with Crippen LogP contribution in [0.4, 0.5) is 10.2 Å². The number of anilines is 1. The molecule has 5 heterocycles. The van der Waals surface area contributed by atoms with Gasteiger partial charge in [-0.05, 0) is 30.5 Å². The lowest BCUT2D eigenvalue weighted by molar-refractivity contribution is -0.138. The number of aromatic nitrogens is 4. The molecule has 1 unspecified atom stereocenters. The molecular formula is C20H20FN7O. The van der Waals surface area contributed by atoms with Gasteiger partial charge in [0.05, 0.1) is 18.4 Å². The second kappa shape index (κ2) is 7.23. The number of nitrogens with zero attached hydrogens (tertiary/aromatic N) is 7. The predicted molar refractivity (Wildman–Crippen MR) is 105 cm³/mol. The summed E-state index contributed by atoms with van der Waals surface area (Å²) in [6.07, 6.45) is 10.1. The lowest BCUT2D eigenvalue weighted by atomic mass is 9.94. The summed E-state index contributed by atoms with van der Waals surface area (Å²) >= 11 is 0. The Bertz CT molecular complexity index is 1070. The molecule has 5 rings (SSSR count). The van der Waals surface area contributed by atoms with Crippen LogP contribution in [0.15, 0.2) is 48.1 Å². The summed E-state index contributed by atoms with van der Waals surface area (Å²) in [5.74, 6) is 0.376. The number of hydrazone groups is 1. The topological polar surface area (TPSA) is 79.0 Å². The molecule has 0 bridgehead atoms. The minimum atomic E-state index is -0.405. The van der Waals surface area contributed by atoms with E-state index in [1.54, 1.807) is 23.1 Å². The summed E-state index contributed by atoms with van der Waals surface area (Å²) in [6, 6.07) is 4.95. The molecule has 8 nitrogen and oxygen atoms in total. The number of carbonyl (C=O) groups is 1. The molecule has 2 aliphatic heterocycles. The Labute approximate surface area is 166 Å². The van der Waals surface area contributed by atoms with Crippen LogP contribution in [-0.2, 0) is 4.79 Å². The maximum Gasteiger partial charge on any atom is 0.246 e. The Morgan fingerprint density at radius 1 is 1.17 bits per heavy atom. The molecule has 0 saturated carbocycles. The lowest BCUT2D eigenvalue weighted by Crippen LogP contribution is -2.41. The quantitative estimate of drug-likeness (QED) is 0.683. The van der Waals surface area contributed by atoms with E-state index in [9.17, 15) is 9.18 Å². The first kappa shape index (κ1) is 17.7. The molecule has 3 aromatic heterocycles. The normalized spacial score (nSPS) is 20.0. The van der Waals surface area contributed by atoms with Crippen molar-refractivity contribution in [1.29, 1.82) is 0 Å². The summed E-state index contributed by atoms with van der Waals surface area (Å²) in [5, 5.41) is 9.95. The molecule has 0 radical (unpaired) electrons. The summed E-state index contributed by atoms with van der Waals surface area (Å²) in [4.78, 5) is 23.8. The molecule has 1 saturated heterocycles. The van der Waals surface area contributed by atoms with Gasteiger partial charge in [0.25, 0.3) is 0 Å². The zero-order chi connectivity index (χ0) is 19.8. The fourth-order valence-corrected chi connectivity index (χ4v) is 4.03. The van der Waals surface area contributed by atoms with Crippen molar-refractivity contribution in [3.05, 3.63) is 54.4 Å². The number of hydrogen-bond donors (Lipinski definition) is 0. The number of piperidine rings is 1. The SMILES string of the molecule is O=C(C1CCN(c2ccn3nccc3n2)CC1)N1N=CCC1c1cncc(F)c1. The smallest absolute Gasteiger partial charge is 0.246 e. The Morgan fingerprint density at radius 3 is 2.86 bits per heavy atom. The van der Waals surface area contributed by atoms with Gasteiger partial charge >= 0.3 is 0 Å². The predicted octanol–water partition coefficient (Wildman–Crippen LogP) is 2.44. The van der Waals surface area contributed by atoms with Crippen LogP contribution in [0.1, 0.15) is 30.9 Å². The first-order valence-electron chi connectivity index (χ1n) is 9.70. The number of amides is 1. The zero-order valence-corrected chi connectivity index (χ0v) is 15.7. The highest BCUT2D eigenvalue weighted by molar-refractivity contribution is 5.82. The van der Waals surface area contributed by atoms with Gasteiger partial charge in [-0.15, -0.1) is 0 Å². The Morgan fingerprint density at radius 2 is 2.03 bits per heavy atom. The Kier molecular flexibility index (Phi) is 4.42. The fraction of sp³-hybridized carbons (Fsp3) is 0.350. The second-order valence-corrected chi connectivity index (χ2v) is 7.35. The van der Waals surface area contributed by atoms with E-state index in [2.05, 4.69) is 25.1 Å². The van der Waals surface area contributed by atoms with Crippen LogP contribution < -0.4 is 4.90 Å². The molecule has 2 aliphatic rings. The standard InChI is InChI=1S/C20H20FN7O/c21-16-11-15(12-22-13-16)17-1-6-24-28(17)20(29)14-3-8-26(9-4-14)18-5-10-27-19(25-18)2-7-23-27/h2,5-7,10-14,17H,1,3-4,8-9H2. The van der Waals surface area contributed by atoms with Crippen LogP contribution in [0, 0.1) is 11.7 Å². The van der Waals surface area contributed by atoms with E-state index >= 15 is 0 Å². The number of fused-ring (bicyclic) bond motifs is 1. The molecule has 3 aromatic rings. The molecule has 1 amide bonds. The van der Waals surface area contributed by atoms with Crippen molar-refractivity contribution in [2.24, 2.45) is 11.0 Å². The number of halogens is 1. The van der Waals surface area contributed by atoms with Crippen molar-refractivity contribution in [2.45, 2.75) is 25.3 Å². The molecule has 0 N–H and O–H groups in total. The second-order valence-electron chi connectivity index (χ2n) is 7.35. The van der Waals surface area contributed by atoms with E-state index in [0.717, 1.165) is 43.6 Å². The van der Waals surface area contributed by atoms with Crippen molar-refractivity contribution in [3.8, 4) is 0 Å². The van der Waals surface area contributed by atoms with Gasteiger partial charge in [-0.2, -0.15) is 10.2 Å². The highest BCUT2D eigenvalue weighted by atomic mass is 19.1.